The van der Waals surface area contributed by atoms with Crippen molar-refractivity contribution in [1.29, 1.82) is 0 Å². The summed E-state index contributed by atoms with van der Waals surface area (Å²) in [6.07, 6.45) is 1.39. The van der Waals surface area contributed by atoms with Crippen molar-refractivity contribution in [3.05, 3.63) is 40.7 Å². The van der Waals surface area contributed by atoms with Gasteiger partial charge in [0.25, 0.3) is 5.91 Å². The van der Waals surface area contributed by atoms with Gasteiger partial charge in [-0.15, -0.1) is 0 Å². The monoisotopic (exact) mass is 308 g/mol. The molecule has 0 saturated carbocycles. The molecule has 110 valence electrons. The highest BCUT2D eigenvalue weighted by molar-refractivity contribution is 6.31. The number of halogens is 1. The van der Waals surface area contributed by atoms with E-state index in [2.05, 4.69) is 5.10 Å². The lowest BCUT2D eigenvalue weighted by atomic mass is 10.1. The minimum atomic E-state index is -0.645. The van der Waals surface area contributed by atoms with E-state index < -0.39 is 11.9 Å². The quantitative estimate of drug-likeness (QED) is 0.828. The first kappa shape index (κ1) is 14.9. The van der Waals surface area contributed by atoms with Crippen LogP contribution in [0.25, 0.3) is 5.69 Å². The third-order valence-corrected chi connectivity index (χ3v) is 2.92. The predicted molar refractivity (Wildman–Crippen MR) is 77.5 cm³/mol. The second-order valence-corrected chi connectivity index (χ2v) is 4.56. The molecule has 0 atom stereocenters. The second kappa shape index (κ2) is 5.84. The zero-order valence-corrected chi connectivity index (χ0v) is 11.9. The molecule has 0 unspecified atom stereocenters. The Bertz CT molecular complexity index is 711. The maximum Gasteiger partial charge on any atom is 0.361 e. The van der Waals surface area contributed by atoms with E-state index in [0.29, 0.717) is 10.7 Å². The van der Waals surface area contributed by atoms with Crippen LogP contribution in [-0.2, 0) is 4.74 Å². The molecule has 8 heteroatoms. The van der Waals surface area contributed by atoms with Gasteiger partial charge in [-0.05, 0) is 25.1 Å². The third kappa shape index (κ3) is 2.97. The van der Waals surface area contributed by atoms with Crippen LogP contribution in [-0.4, -0.2) is 28.3 Å². The largest absolute Gasteiger partial charge is 0.461 e. The minimum absolute atomic E-state index is 0.0350. The molecule has 0 aliphatic rings. The Kier molecular flexibility index (Phi) is 4.13. The van der Waals surface area contributed by atoms with E-state index in [1.165, 1.54) is 29.1 Å². The van der Waals surface area contributed by atoms with Crippen molar-refractivity contribution in [3.8, 4) is 5.69 Å². The van der Waals surface area contributed by atoms with Gasteiger partial charge in [0.1, 0.15) is 0 Å². The molecule has 0 spiro atoms. The van der Waals surface area contributed by atoms with Crippen LogP contribution in [0.4, 0.5) is 5.69 Å². The summed E-state index contributed by atoms with van der Waals surface area (Å²) in [5.41, 5.74) is 11.7. The molecule has 0 aliphatic carbocycles. The fourth-order valence-electron chi connectivity index (χ4n) is 1.77. The van der Waals surface area contributed by atoms with Gasteiger partial charge >= 0.3 is 5.97 Å². The van der Waals surface area contributed by atoms with Crippen LogP contribution in [0.15, 0.2) is 24.4 Å². The van der Waals surface area contributed by atoms with Gasteiger partial charge in [-0.25, -0.2) is 9.48 Å². The summed E-state index contributed by atoms with van der Waals surface area (Å²) in [7, 11) is 0. The Morgan fingerprint density at radius 3 is 2.76 bits per heavy atom. The molecule has 2 aromatic rings. The van der Waals surface area contributed by atoms with E-state index in [9.17, 15) is 9.59 Å². The van der Waals surface area contributed by atoms with Gasteiger partial charge in [0.15, 0.2) is 5.69 Å². The van der Waals surface area contributed by atoms with Crippen LogP contribution in [0.2, 0.25) is 5.02 Å². The number of nitrogen functional groups attached to an aromatic ring is 1. The fraction of sp³-hybridized carbons (Fsp3) is 0.154. The number of carbonyl (C=O) groups excluding carboxylic acids is 2. The number of hydrogen-bond acceptors (Lipinski definition) is 5. The number of ether oxygens (including phenoxy) is 1. The van der Waals surface area contributed by atoms with E-state index >= 15 is 0 Å². The lowest BCUT2D eigenvalue weighted by Gasteiger charge is -2.07. The number of hydrogen-bond donors (Lipinski definition) is 2. The summed E-state index contributed by atoms with van der Waals surface area (Å²) in [5, 5.41) is 4.42. The van der Waals surface area contributed by atoms with Gasteiger partial charge in [-0.3, -0.25) is 4.79 Å². The van der Waals surface area contributed by atoms with Crippen LogP contribution in [0.5, 0.6) is 0 Å². The van der Waals surface area contributed by atoms with Gasteiger partial charge in [-0.2, -0.15) is 5.10 Å². The normalized spacial score (nSPS) is 10.4. The number of primary amides is 1. The van der Waals surface area contributed by atoms with Crippen LogP contribution < -0.4 is 11.5 Å². The molecule has 1 aromatic carbocycles. The first-order valence-electron chi connectivity index (χ1n) is 6.06. The van der Waals surface area contributed by atoms with Gasteiger partial charge in [0.2, 0.25) is 0 Å². The van der Waals surface area contributed by atoms with E-state index in [1.54, 1.807) is 6.92 Å². The number of carbonyl (C=O) groups is 2. The Labute approximate surface area is 125 Å². The van der Waals surface area contributed by atoms with E-state index in [1.807, 2.05) is 0 Å². The lowest BCUT2D eigenvalue weighted by Crippen LogP contribution is -2.15. The highest BCUT2D eigenvalue weighted by Gasteiger charge is 2.19. The molecular formula is C13H13ClN4O3. The molecule has 0 aliphatic heterocycles. The smallest absolute Gasteiger partial charge is 0.361 e. The zero-order valence-electron chi connectivity index (χ0n) is 11.2. The maximum atomic E-state index is 11.7. The maximum absolute atomic E-state index is 11.7. The van der Waals surface area contributed by atoms with Crippen molar-refractivity contribution < 1.29 is 14.3 Å². The molecule has 2 rings (SSSR count). The van der Waals surface area contributed by atoms with Gasteiger partial charge < -0.3 is 16.2 Å². The van der Waals surface area contributed by atoms with Crippen LogP contribution in [0, 0.1) is 0 Å². The number of benzene rings is 1. The summed E-state index contributed by atoms with van der Waals surface area (Å²) in [5.74, 6) is -1.29. The minimum Gasteiger partial charge on any atom is -0.461 e. The standard InChI is InChI=1S/C13H13ClN4O3/c1-2-21-13(20)11-9(15)6-18(17-11)10-5-7(14)3-4-8(10)12(16)19/h3-6H,2,15H2,1H3,(H2,16,19). The number of anilines is 1. The first-order valence-corrected chi connectivity index (χ1v) is 6.43. The topological polar surface area (TPSA) is 113 Å². The Morgan fingerprint density at radius 1 is 1.43 bits per heavy atom. The Hall–Kier alpha value is -2.54. The second-order valence-electron chi connectivity index (χ2n) is 4.12. The molecule has 4 N–H and O–H groups in total. The zero-order chi connectivity index (χ0) is 15.6. The molecule has 0 fully saturated rings. The predicted octanol–water partition coefficient (Wildman–Crippen LogP) is 1.38. The summed E-state index contributed by atoms with van der Waals surface area (Å²) in [4.78, 5) is 23.1. The van der Waals surface area contributed by atoms with Crippen LogP contribution in [0.3, 0.4) is 0 Å². The number of nitrogens with two attached hydrogens (primary N) is 2. The van der Waals surface area contributed by atoms with Crippen molar-refractivity contribution >= 4 is 29.2 Å². The highest BCUT2D eigenvalue weighted by atomic mass is 35.5. The molecule has 1 heterocycles. The van der Waals surface area contributed by atoms with Crippen molar-refractivity contribution in [1.82, 2.24) is 9.78 Å². The summed E-state index contributed by atoms with van der Waals surface area (Å²) in [6.45, 7) is 1.88. The molecule has 1 amide bonds. The Balaban J connectivity index is 2.53. The summed E-state index contributed by atoms with van der Waals surface area (Å²) >= 11 is 5.91. The molecular weight excluding hydrogens is 296 g/mol. The van der Waals surface area contributed by atoms with Crippen LogP contribution >= 0.6 is 11.6 Å². The van der Waals surface area contributed by atoms with Crippen LogP contribution in [0.1, 0.15) is 27.8 Å². The summed E-state index contributed by atoms with van der Waals surface area (Å²) < 4.78 is 6.12. The molecule has 7 nitrogen and oxygen atoms in total. The highest BCUT2D eigenvalue weighted by Crippen LogP contribution is 2.22. The van der Waals surface area contributed by atoms with E-state index in [4.69, 9.17) is 27.8 Å². The lowest BCUT2D eigenvalue weighted by molar-refractivity contribution is 0.0520. The molecule has 0 bridgehead atoms. The first-order chi connectivity index (χ1) is 9.93. The number of aromatic nitrogens is 2. The van der Waals surface area contributed by atoms with Crippen molar-refractivity contribution in [2.75, 3.05) is 12.3 Å². The molecule has 21 heavy (non-hydrogen) atoms. The van der Waals surface area contributed by atoms with Crippen molar-refractivity contribution in [2.45, 2.75) is 6.92 Å². The summed E-state index contributed by atoms with van der Waals surface area (Å²) in [6, 6.07) is 4.51. The number of rotatable bonds is 4. The van der Waals surface area contributed by atoms with Gasteiger partial charge in [0, 0.05) is 5.02 Å². The molecule has 0 radical (unpaired) electrons. The molecule has 0 saturated heterocycles. The van der Waals surface area contributed by atoms with Gasteiger partial charge in [0.05, 0.1) is 29.7 Å². The fourth-order valence-corrected chi connectivity index (χ4v) is 1.94. The van der Waals surface area contributed by atoms with Crippen molar-refractivity contribution in [2.24, 2.45) is 5.73 Å². The average molecular weight is 309 g/mol. The molecule has 1 aromatic heterocycles. The number of nitrogens with zero attached hydrogens (tertiary/aromatic N) is 2. The van der Waals surface area contributed by atoms with Crippen molar-refractivity contribution in [3.63, 3.8) is 0 Å². The third-order valence-electron chi connectivity index (χ3n) is 2.68. The number of amides is 1. The van der Waals surface area contributed by atoms with E-state index in [-0.39, 0.29) is 23.6 Å². The van der Waals surface area contributed by atoms with Gasteiger partial charge in [-0.1, -0.05) is 11.6 Å². The Morgan fingerprint density at radius 2 is 2.14 bits per heavy atom. The number of esters is 1. The SMILES string of the molecule is CCOC(=O)c1nn(-c2cc(Cl)ccc2C(N)=O)cc1N. The van der Waals surface area contributed by atoms with E-state index in [0.717, 1.165) is 0 Å². The average Bonchev–Trinajstić information content (AvgIpc) is 2.80.